The van der Waals surface area contributed by atoms with E-state index in [9.17, 15) is 9.59 Å². The van der Waals surface area contributed by atoms with Crippen LogP contribution in [0.4, 0.5) is 4.79 Å². The monoisotopic (exact) mass is 448 g/mol. The Balaban J connectivity index is 1.52. The molecule has 0 bridgehead atoms. The minimum Gasteiger partial charge on any atom is -0.476 e. The second-order valence-corrected chi connectivity index (χ2v) is 8.53. The molecule has 1 atom stereocenters. The van der Waals surface area contributed by atoms with Crippen LogP contribution in [0.3, 0.4) is 0 Å². The van der Waals surface area contributed by atoms with Crippen LogP contribution in [0.5, 0.6) is 5.75 Å². The fourth-order valence-electron chi connectivity index (χ4n) is 3.93. The molecule has 0 saturated carbocycles. The first-order valence-electron chi connectivity index (χ1n) is 9.76. The molecule has 30 heavy (non-hydrogen) atoms. The van der Waals surface area contributed by atoms with Crippen molar-refractivity contribution in [2.45, 2.75) is 24.5 Å². The Labute approximate surface area is 185 Å². The zero-order valence-electron chi connectivity index (χ0n) is 16.5. The largest absolute Gasteiger partial charge is 0.476 e. The molecule has 2 fully saturated rings. The van der Waals surface area contributed by atoms with Crippen molar-refractivity contribution in [3.8, 4) is 5.75 Å². The smallest absolute Gasteiger partial charge is 0.410 e. The van der Waals surface area contributed by atoms with Crippen LogP contribution < -0.4 is 4.74 Å². The maximum Gasteiger partial charge on any atom is 0.410 e. The van der Waals surface area contributed by atoms with E-state index < -0.39 is 11.7 Å². The Bertz CT molecular complexity index is 945. The van der Waals surface area contributed by atoms with Crippen LogP contribution in [0, 0.1) is 0 Å². The van der Waals surface area contributed by atoms with E-state index in [1.807, 2.05) is 30.3 Å². The lowest BCUT2D eigenvalue weighted by molar-refractivity contribution is -0.142. The van der Waals surface area contributed by atoms with E-state index >= 15 is 0 Å². The van der Waals surface area contributed by atoms with Crippen molar-refractivity contribution in [3.05, 3.63) is 64.1 Å². The molecule has 2 heterocycles. The zero-order chi connectivity index (χ0) is 21.3. The summed E-state index contributed by atoms with van der Waals surface area (Å²) < 4.78 is 11.7. The molecule has 2 aromatic rings. The van der Waals surface area contributed by atoms with Gasteiger partial charge in [-0.05, 0) is 12.1 Å². The van der Waals surface area contributed by atoms with E-state index in [0.29, 0.717) is 48.3 Å². The Hall–Kier alpha value is -2.44. The van der Waals surface area contributed by atoms with Gasteiger partial charge in [0.1, 0.15) is 11.4 Å². The molecule has 0 aliphatic carbocycles. The minimum absolute atomic E-state index is 0.139. The fourth-order valence-corrected chi connectivity index (χ4v) is 4.22. The standard InChI is InChI=1S/C22H22Cl2N2O4/c1-25-14-22(30-21(25)28)9-11-26(12-10-22)20(27)19(15-5-3-2-4-6-15)29-16-7-8-17(23)18(24)13-16/h2-8,13,19H,9-12,14H2,1H3. The Kier molecular flexibility index (Phi) is 5.80. The maximum absolute atomic E-state index is 13.4. The van der Waals surface area contributed by atoms with E-state index in [1.165, 1.54) is 0 Å². The number of likely N-dealkylation sites (tertiary alicyclic amines) is 1. The van der Waals surface area contributed by atoms with Crippen molar-refractivity contribution in [1.82, 2.24) is 9.80 Å². The first-order valence-corrected chi connectivity index (χ1v) is 10.5. The van der Waals surface area contributed by atoms with Crippen LogP contribution in [0.2, 0.25) is 10.0 Å². The van der Waals surface area contributed by atoms with Crippen molar-refractivity contribution in [2.75, 3.05) is 26.7 Å². The molecular formula is C22H22Cl2N2O4. The first kappa shape index (κ1) is 20.8. The van der Waals surface area contributed by atoms with Crippen LogP contribution in [0.1, 0.15) is 24.5 Å². The average molecular weight is 449 g/mol. The summed E-state index contributed by atoms with van der Waals surface area (Å²) in [6.45, 7) is 1.54. The van der Waals surface area contributed by atoms with Crippen LogP contribution in [0.25, 0.3) is 0 Å². The number of hydrogen-bond donors (Lipinski definition) is 0. The number of carbonyl (C=O) groups is 2. The van der Waals surface area contributed by atoms with Gasteiger partial charge in [0.25, 0.3) is 5.91 Å². The number of hydrogen-bond acceptors (Lipinski definition) is 4. The molecule has 2 saturated heterocycles. The quantitative estimate of drug-likeness (QED) is 0.687. The molecule has 1 unspecified atom stereocenters. The van der Waals surface area contributed by atoms with Gasteiger partial charge < -0.3 is 19.3 Å². The van der Waals surface area contributed by atoms with Crippen molar-refractivity contribution >= 4 is 35.2 Å². The Morgan fingerprint density at radius 1 is 1.10 bits per heavy atom. The van der Waals surface area contributed by atoms with Gasteiger partial charge in [0.2, 0.25) is 6.10 Å². The van der Waals surface area contributed by atoms with Gasteiger partial charge in [-0.2, -0.15) is 0 Å². The lowest BCUT2D eigenvalue weighted by Gasteiger charge is -2.38. The number of nitrogens with zero attached hydrogens (tertiary/aromatic N) is 2. The first-order chi connectivity index (χ1) is 14.4. The molecule has 6 nitrogen and oxygen atoms in total. The number of halogens is 2. The highest BCUT2D eigenvalue weighted by Gasteiger charge is 2.47. The molecule has 0 N–H and O–H groups in total. The molecule has 2 aromatic carbocycles. The van der Waals surface area contributed by atoms with E-state index in [0.717, 1.165) is 5.56 Å². The van der Waals surface area contributed by atoms with E-state index in [-0.39, 0.29) is 12.0 Å². The molecule has 158 valence electrons. The third-order valence-electron chi connectivity index (χ3n) is 5.60. The number of rotatable bonds is 4. The van der Waals surface area contributed by atoms with E-state index in [4.69, 9.17) is 32.7 Å². The van der Waals surface area contributed by atoms with Gasteiger partial charge in [0.15, 0.2) is 0 Å². The predicted molar refractivity (Wildman–Crippen MR) is 114 cm³/mol. The fraction of sp³-hybridized carbons (Fsp3) is 0.364. The topological polar surface area (TPSA) is 59.1 Å². The van der Waals surface area contributed by atoms with Crippen LogP contribution in [0.15, 0.2) is 48.5 Å². The normalized spacial score (nSPS) is 19.0. The molecule has 0 radical (unpaired) electrons. The van der Waals surface area contributed by atoms with Gasteiger partial charge in [-0.3, -0.25) is 4.79 Å². The zero-order valence-corrected chi connectivity index (χ0v) is 18.0. The summed E-state index contributed by atoms with van der Waals surface area (Å²) in [6, 6.07) is 14.3. The molecule has 0 aromatic heterocycles. The van der Waals surface area contributed by atoms with Gasteiger partial charge >= 0.3 is 6.09 Å². The number of benzene rings is 2. The number of piperidine rings is 1. The summed E-state index contributed by atoms with van der Waals surface area (Å²) in [5.41, 5.74) is 0.246. The van der Waals surface area contributed by atoms with Crippen LogP contribution in [-0.2, 0) is 9.53 Å². The summed E-state index contributed by atoms with van der Waals surface area (Å²) in [5, 5.41) is 0.782. The highest BCUT2D eigenvalue weighted by Crippen LogP contribution is 2.35. The number of ether oxygens (including phenoxy) is 2. The van der Waals surface area contributed by atoms with Gasteiger partial charge in [0.05, 0.1) is 16.6 Å². The third-order valence-corrected chi connectivity index (χ3v) is 6.34. The molecule has 8 heteroatoms. The number of likely N-dealkylation sites (N-methyl/N-ethyl adjacent to an activating group) is 1. The SMILES string of the molecule is CN1CC2(CCN(C(=O)C(Oc3ccc(Cl)c(Cl)c3)c3ccccc3)CC2)OC1=O. The molecule has 2 amide bonds. The average Bonchev–Trinajstić information content (AvgIpc) is 3.02. The molecule has 4 rings (SSSR count). The molecule has 2 aliphatic rings. The summed E-state index contributed by atoms with van der Waals surface area (Å²) in [4.78, 5) is 28.6. The summed E-state index contributed by atoms with van der Waals surface area (Å²) >= 11 is 12.1. The lowest BCUT2D eigenvalue weighted by atomic mass is 9.91. The summed E-state index contributed by atoms with van der Waals surface area (Å²) in [7, 11) is 1.73. The summed E-state index contributed by atoms with van der Waals surface area (Å²) in [5.74, 6) is 0.325. The van der Waals surface area contributed by atoms with Crippen molar-refractivity contribution in [1.29, 1.82) is 0 Å². The lowest BCUT2D eigenvalue weighted by Crippen LogP contribution is -2.50. The number of amides is 2. The van der Waals surface area contributed by atoms with Crippen molar-refractivity contribution in [3.63, 3.8) is 0 Å². The maximum atomic E-state index is 13.4. The third kappa shape index (κ3) is 4.20. The summed E-state index contributed by atoms with van der Waals surface area (Å²) in [6.07, 6.45) is 0.0813. The van der Waals surface area contributed by atoms with Gasteiger partial charge in [0, 0.05) is 44.6 Å². The molecular weight excluding hydrogens is 427 g/mol. The number of carbonyl (C=O) groups excluding carboxylic acids is 2. The molecule has 1 spiro atoms. The van der Waals surface area contributed by atoms with E-state index in [2.05, 4.69) is 0 Å². The second kappa shape index (κ2) is 8.36. The van der Waals surface area contributed by atoms with Crippen molar-refractivity contribution in [2.24, 2.45) is 0 Å². The van der Waals surface area contributed by atoms with Gasteiger partial charge in [-0.1, -0.05) is 53.5 Å². The van der Waals surface area contributed by atoms with Crippen LogP contribution in [-0.4, -0.2) is 54.1 Å². The Morgan fingerprint density at radius 3 is 2.40 bits per heavy atom. The van der Waals surface area contributed by atoms with Gasteiger partial charge in [-0.25, -0.2) is 4.79 Å². The van der Waals surface area contributed by atoms with Crippen LogP contribution >= 0.6 is 23.2 Å². The minimum atomic E-state index is -0.814. The van der Waals surface area contributed by atoms with Crippen molar-refractivity contribution < 1.29 is 19.1 Å². The van der Waals surface area contributed by atoms with E-state index in [1.54, 1.807) is 35.0 Å². The predicted octanol–water partition coefficient (Wildman–Crippen LogP) is 4.56. The Morgan fingerprint density at radius 2 is 1.80 bits per heavy atom. The second-order valence-electron chi connectivity index (χ2n) is 7.72. The van der Waals surface area contributed by atoms with Gasteiger partial charge in [-0.15, -0.1) is 0 Å². The highest BCUT2D eigenvalue weighted by atomic mass is 35.5. The highest BCUT2D eigenvalue weighted by molar-refractivity contribution is 6.42. The molecule has 2 aliphatic heterocycles.